The van der Waals surface area contributed by atoms with Crippen LogP contribution in [-0.4, -0.2) is 46.6 Å². The molecular weight excluding hydrogens is 355 g/mol. The van der Waals surface area contributed by atoms with Crippen LogP contribution in [0.2, 0.25) is 10.0 Å². The number of hydrogen-bond acceptors (Lipinski definition) is 6. The van der Waals surface area contributed by atoms with E-state index in [1.807, 2.05) is 13.8 Å². The van der Waals surface area contributed by atoms with E-state index in [-0.39, 0.29) is 35.4 Å². The summed E-state index contributed by atoms with van der Waals surface area (Å²) in [6.45, 7) is 5.33. The molecule has 0 saturated heterocycles. The minimum Gasteiger partial charge on any atom is -0.505 e. The Balaban J connectivity index is 3.35. The summed E-state index contributed by atoms with van der Waals surface area (Å²) < 4.78 is 4.93. The SMILES string of the molecule is CCOC(=O)/C(C=N[C@H](CO)C(C)C)=C(\O)c1ncc(Cl)cc1Cl. The van der Waals surface area contributed by atoms with E-state index in [1.54, 1.807) is 6.92 Å². The van der Waals surface area contributed by atoms with Gasteiger partial charge in [-0.3, -0.25) is 4.99 Å². The molecule has 24 heavy (non-hydrogen) atoms. The molecule has 0 aliphatic rings. The number of aliphatic imine (C=N–C) groups is 1. The van der Waals surface area contributed by atoms with Gasteiger partial charge in [-0.2, -0.15) is 0 Å². The van der Waals surface area contributed by atoms with E-state index in [2.05, 4.69) is 9.98 Å². The van der Waals surface area contributed by atoms with Gasteiger partial charge in [0.15, 0.2) is 5.76 Å². The lowest BCUT2D eigenvalue weighted by Gasteiger charge is -2.13. The third kappa shape index (κ3) is 5.47. The molecule has 0 spiro atoms. The number of halogens is 2. The van der Waals surface area contributed by atoms with Gasteiger partial charge in [-0.05, 0) is 18.9 Å². The molecule has 6 nitrogen and oxygen atoms in total. The molecule has 1 heterocycles. The summed E-state index contributed by atoms with van der Waals surface area (Å²) in [5, 5.41) is 20.1. The van der Waals surface area contributed by atoms with Crippen LogP contribution in [0.5, 0.6) is 0 Å². The van der Waals surface area contributed by atoms with Crippen molar-refractivity contribution >= 4 is 41.1 Å². The van der Waals surface area contributed by atoms with Crippen molar-refractivity contribution in [3.05, 3.63) is 33.6 Å². The Morgan fingerprint density at radius 1 is 1.46 bits per heavy atom. The molecule has 2 N–H and O–H groups in total. The molecular formula is C16H20Cl2N2O4. The summed E-state index contributed by atoms with van der Waals surface area (Å²) in [5.74, 6) is -1.19. The number of aromatic nitrogens is 1. The zero-order valence-electron chi connectivity index (χ0n) is 13.7. The van der Waals surface area contributed by atoms with Gasteiger partial charge < -0.3 is 14.9 Å². The molecule has 0 unspecified atom stereocenters. The fourth-order valence-electron chi connectivity index (χ4n) is 1.74. The second-order valence-corrected chi connectivity index (χ2v) is 6.08. The van der Waals surface area contributed by atoms with Gasteiger partial charge in [0.05, 0.1) is 29.3 Å². The molecule has 1 aromatic heterocycles. The number of carbonyl (C=O) groups excluding carboxylic acids is 1. The third-order valence-corrected chi connectivity index (χ3v) is 3.63. The smallest absolute Gasteiger partial charge is 0.343 e. The fourth-order valence-corrected chi connectivity index (χ4v) is 2.21. The molecule has 0 radical (unpaired) electrons. The average molecular weight is 375 g/mol. The molecule has 0 aliphatic carbocycles. The first-order chi connectivity index (χ1) is 11.3. The Labute approximate surface area is 150 Å². The van der Waals surface area contributed by atoms with E-state index in [4.69, 9.17) is 27.9 Å². The quantitative estimate of drug-likeness (QED) is 0.330. The normalized spacial score (nSPS) is 14.0. The number of carbonyl (C=O) groups is 1. The summed E-state index contributed by atoms with van der Waals surface area (Å²) in [7, 11) is 0. The number of nitrogens with zero attached hydrogens (tertiary/aromatic N) is 2. The van der Waals surface area contributed by atoms with E-state index in [9.17, 15) is 15.0 Å². The molecule has 132 valence electrons. The third-order valence-electron chi connectivity index (χ3n) is 3.13. The molecule has 1 aromatic rings. The van der Waals surface area contributed by atoms with Crippen molar-refractivity contribution in [2.75, 3.05) is 13.2 Å². The highest BCUT2D eigenvalue weighted by Gasteiger charge is 2.20. The number of pyridine rings is 1. The number of aliphatic hydroxyl groups is 2. The first-order valence-corrected chi connectivity index (χ1v) is 8.13. The molecule has 8 heteroatoms. The van der Waals surface area contributed by atoms with E-state index in [1.165, 1.54) is 18.5 Å². The van der Waals surface area contributed by atoms with Crippen LogP contribution >= 0.6 is 23.2 Å². The van der Waals surface area contributed by atoms with Crippen LogP contribution in [0.25, 0.3) is 5.76 Å². The molecule has 0 bridgehead atoms. The molecule has 0 amide bonds. The standard InChI is InChI=1S/C16H20Cl2N2O4/c1-4-24-16(23)11(7-19-13(8-21)9(2)3)15(22)14-12(18)5-10(17)6-20-14/h5-7,9,13,21-22H,4,8H2,1-3H3/b15-11-,19-7?/t13-/m1/s1. The van der Waals surface area contributed by atoms with Crippen molar-refractivity contribution in [3.8, 4) is 0 Å². The van der Waals surface area contributed by atoms with E-state index in [0.29, 0.717) is 5.02 Å². The van der Waals surface area contributed by atoms with Crippen LogP contribution in [0.1, 0.15) is 26.5 Å². The number of ether oxygens (including phenoxy) is 1. The van der Waals surface area contributed by atoms with Gasteiger partial charge in [0.2, 0.25) is 0 Å². The van der Waals surface area contributed by atoms with Gasteiger partial charge in [0.1, 0.15) is 11.3 Å². The van der Waals surface area contributed by atoms with Crippen molar-refractivity contribution in [3.63, 3.8) is 0 Å². The fraction of sp³-hybridized carbons (Fsp3) is 0.438. The average Bonchev–Trinajstić information content (AvgIpc) is 2.50. The largest absolute Gasteiger partial charge is 0.505 e. The van der Waals surface area contributed by atoms with Crippen LogP contribution in [-0.2, 0) is 9.53 Å². The van der Waals surface area contributed by atoms with Crippen LogP contribution in [0, 0.1) is 5.92 Å². The zero-order chi connectivity index (χ0) is 18.3. The summed E-state index contributed by atoms with van der Waals surface area (Å²) in [6, 6.07) is 0.975. The predicted octanol–water partition coefficient (Wildman–Crippen LogP) is 3.31. The molecule has 0 saturated carbocycles. The maximum atomic E-state index is 12.1. The van der Waals surface area contributed by atoms with Gasteiger partial charge in [-0.25, -0.2) is 9.78 Å². The first-order valence-electron chi connectivity index (χ1n) is 7.37. The Kier molecular flexibility index (Phi) is 8.18. The van der Waals surface area contributed by atoms with Gasteiger partial charge in [-0.1, -0.05) is 37.0 Å². The van der Waals surface area contributed by atoms with Crippen molar-refractivity contribution in [1.29, 1.82) is 0 Å². The second kappa shape index (κ2) is 9.61. The van der Waals surface area contributed by atoms with E-state index in [0.717, 1.165) is 0 Å². The molecule has 0 aromatic carbocycles. The maximum Gasteiger partial charge on any atom is 0.343 e. The second-order valence-electron chi connectivity index (χ2n) is 5.24. The van der Waals surface area contributed by atoms with Gasteiger partial charge in [0.25, 0.3) is 0 Å². The van der Waals surface area contributed by atoms with E-state index < -0.39 is 17.8 Å². The predicted molar refractivity (Wildman–Crippen MR) is 94.6 cm³/mol. The number of hydrogen-bond donors (Lipinski definition) is 2. The lowest BCUT2D eigenvalue weighted by atomic mass is 10.1. The topological polar surface area (TPSA) is 92.0 Å². The zero-order valence-corrected chi connectivity index (χ0v) is 15.2. The minimum absolute atomic E-state index is 0.0133. The maximum absolute atomic E-state index is 12.1. The highest BCUT2D eigenvalue weighted by Crippen LogP contribution is 2.25. The Hall–Kier alpha value is -1.63. The van der Waals surface area contributed by atoms with Crippen molar-refractivity contribution in [1.82, 2.24) is 4.98 Å². The number of aliphatic hydroxyl groups excluding tert-OH is 2. The van der Waals surface area contributed by atoms with Gasteiger partial charge in [0, 0.05) is 12.4 Å². The molecule has 1 atom stereocenters. The molecule has 0 aliphatic heterocycles. The minimum atomic E-state index is -0.771. The lowest BCUT2D eigenvalue weighted by Crippen LogP contribution is -2.19. The highest BCUT2D eigenvalue weighted by molar-refractivity contribution is 6.35. The van der Waals surface area contributed by atoms with Gasteiger partial charge in [-0.15, -0.1) is 0 Å². The Morgan fingerprint density at radius 2 is 2.12 bits per heavy atom. The van der Waals surface area contributed by atoms with Crippen molar-refractivity contribution < 1.29 is 19.7 Å². The Morgan fingerprint density at radius 3 is 2.62 bits per heavy atom. The molecule has 0 fully saturated rings. The summed E-state index contributed by atoms with van der Waals surface area (Å²) >= 11 is 11.8. The van der Waals surface area contributed by atoms with Crippen LogP contribution in [0.4, 0.5) is 0 Å². The van der Waals surface area contributed by atoms with Crippen LogP contribution in [0.3, 0.4) is 0 Å². The van der Waals surface area contributed by atoms with E-state index >= 15 is 0 Å². The summed E-state index contributed by atoms with van der Waals surface area (Å²) in [4.78, 5) is 20.2. The van der Waals surface area contributed by atoms with Crippen molar-refractivity contribution in [2.45, 2.75) is 26.8 Å². The van der Waals surface area contributed by atoms with Crippen LogP contribution < -0.4 is 0 Å². The van der Waals surface area contributed by atoms with Gasteiger partial charge >= 0.3 is 5.97 Å². The summed E-state index contributed by atoms with van der Waals surface area (Å²) in [5.41, 5.74) is -0.215. The van der Waals surface area contributed by atoms with Crippen molar-refractivity contribution in [2.24, 2.45) is 10.9 Å². The Bertz CT molecular complexity index is 645. The number of esters is 1. The molecule has 1 rings (SSSR count). The van der Waals surface area contributed by atoms with Crippen LogP contribution in [0.15, 0.2) is 22.8 Å². The summed E-state index contributed by atoms with van der Waals surface area (Å²) in [6.07, 6.45) is 2.46. The highest BCUT2D eigenvalue weighted by atomic mass is 35.5. The first kappa shape index (κ1) is 20.4. The number of rotatable bonds is 7. The lowest BCUT2D eigenvalue weighted by molar-refractivity contribution is -0.137. The monoisotopic (exact) mass is 374 g/mol.